The van der Waals surface area contributed by atoms with Crippen LogP contribution in [0.1, 0.15) is 12.0 Å². The first-order chi connectivity index (χ1) is 9.83. The Hall–Kier alpha value is -2.19. The van der Waals surface area contributed by atoms with Gasteiger partial charge >= 0.3 is 5.97 Å². The molecule has 1 aromatic carbocycles. The van der Waals surface area contributed by atoms with Crippen LogP contribution in [0.15, 0.2) is 35.7 Å². The highest BCUT2D eigenvalue weighted by atomic mass is 32.2. The molecule has 0 aliphatic carbocycles. The standard InChI is InChI=1S/C13H14N2O5S/c1-2-3-11(13(17)18)15-21(19,20)9-4-5-10-8(6-9)7-12(16)14-10/h2,4-6,11,15H,1,3,7H2,(H,14,16)(H,17,18). The van der Waals surface area contributed by atoms with Crippen LogP contribution in [-0.4, -0.2) is 31.4 Å². The number of nitrogens with one attached hydrogen (secondary N) is 2. The SMILES string of the molecule is C=CCC(NS(=O)(=O)c1ccc2c(c1)CC(=O)N2)C(=O)O. The lowest BCUT2D eigenvalue weighted by Crippen LogP contribution is -2.40. The van der Waals surface area contributed by atoms with E-state index in [0.717, 1.165) is 0 Å². The first-order valence-electron chi connectivity index (χ1n) is 6.12. The van der Waals surface area contributed by atoms with E-state index in [2.05, 4.69) is 16.6 Å². The van der Waals surface area contributed by atoms with Crippen molar-refractivity contribution in [3.05, 3.63) is 36.4 Å². The molecule has 2 rings (SSSR count). The van der Waals surface area contributed by atoms with E-state index in [-0.39, 0.29) is 23.6 Å². The zero-order valence-corrected chi connectivity index (χ0v) is 11.8. The molecule has 8 heteroatoms. The van der Waals surface area contributed by atoms with Gasteiger partial charge in [-0.15, -0.1) is 6.58 Å². The summed E-state index contributed by atoms with van der Waals surface area (Å²) in [6.45, 7) is 3.40. The molecule has 1 amide bonds. The molecule has 0 saturated heterocycles. The van der Waals surface area contributed by atoms with Gasteiger partial charge in [-0.1, -0.05) is 6.08 Å². The normalized spacial score (nSPS) is 15.1. The average molecular weight is 310 g/mol. The summed E-state index contributed by atoms with van der Waals surface area (Å²) in [6, 6.07) is 2.89. The summed E-state index contributed by atoms with van der Waals surface area (Å²) in [5.41, 5.74) is 1.14. The van der Waals surface area contributed by atoms with Gasteiger partial charge in [0, 0.05) is 5.69 Å². The molecular formula is C13H14N2O5S. The molecule has 1 aliphatic rings. The zero-order chi connectivity index (χ0) is 15.6. The van der Waals surface area contributed by atoms with Crippen molar-refractivity contribution >= 4 is 27.6 Å². The minimum Gasteiger partial charge on any atom is -0.480 e. The minimum absolute atomic E-state index is 0.0282. The summed E-state index contributed by atoms with van der Waals surface area (Å²) in [5, 5.41) is 11.6. The highest BCUT2D eigenvalue weighted by molar-refractivity contribution is 7.89. The Bertz CT molecular complexity index is 711. The second kappa shape index (κ2) is 5.66. The third-order valence-electron chi connectivity index (χ3n) is 3.01. The molecule has 0 aromatic heterocycles. The Morgan fingerprint density at radius 2 is 2.24 bits per heavy atom. The maximum absolute atomic E-state index is 12.2. The van der Waals surface area contributed by atoms with Crippen molar-refractivity contribution in [1.82, 2.24) is 4.72 Å². The molecule has 1 aromatic rings. The van der Waals surface area contributed by atoms with Gasteiger partial charge in [-0.05, 0) is 30.2 Å². The van der Waals surface area contributed by atoms with Crippen LogP contribution in [0.4, 0.5) is 5.69 Å². The number of aliphatic carboxylic acids is 1. The Balaban J connectivity index is 2.28. The smallest absolute Gasteiger partial charge is 0.322 e. The second-order valence-corrected chi connectivity index (χ2v) is 6.29. The molecule has 0 fully saturated rings. The number of carboxylic acids is 1. The van der Waals surface area contributed by atoms with Crippen molar-refractivity contribution in [3.8, 4) is 0 Å². The van der Waals surface area contributed by atoms with Crippen LogP contribution >= 0.6 is 0 Å². The van der Waals surface area contributed by atoms with E-state index in [9.17, 15) is 18.0 Å². The van der Waals surface area contributed by atoms with Gasteiger partial charge in [-0.3, -0.25) is 9.59 Å². The number of sulfonamides is 1. The van der Waals surface area contributed by atoms with Gasteiger partial charge in [0.2, 0.25) is 15.9 Å². The Labute approximate surface area is 121 Å². The van der Waals surface area contributed by atoms with Gasteiger partial charge in [0.1, 0.15) is 6.04 Å². The van der Waals surface area contributed by atoms with Crippen molar-refractivity contribution in [3.63, 3.8) is 0 Å². The first-order valence-corrected chi connectivity index (χ1v) is 7.60. The molecule has 1 heterocycles. The Morgan fingerprint density at radius 3 is 2.86 bits per heavy atom. The monoisotopic (exact) mass is 310 g/mol. The maximum Gasteiger partial charge on any atom is 0.322 e. The van der Waals surface area contributed by atoms with Crippen LogP contribution < -0.4 is 10.0 Å². The quantitative estimate of drug-likeness (QED) is 0.662. The highest BCUT2D eigenvalue weighted by Crippen LogP contribution is 2.25. The van der Waals surface area contributed by atoms with Crippen molar-refractivity contribution < 1.29 is 23.1 Å². The van der Waals surface area contributed by atoms with Crippen LogP contribution in [0.5, 0.6) is 0 Å². The van der Waals surface area contributed by atoms with Crippen LogP contribution in [-0.2, 0) is 26.0 Å². The highest BCUT2D eigenvalue weighted by Gasteiger charge is 2.26. The first kappa shape index (κ1) is 15.2. The Morgan fingerprint density at radius 1 is 1.52 bits per heavy atom. The number of benzene rings is 1. The van der Waals surface area contributed by atoms with Gasteiger partial charge in [0.05, 0.1) is 11.3 Å². The predicted octanol–water partition coefficient (Wildman–Crippen LogP) is 0.489. The summed E-state index contributed by atoms with van der Waals surface area (Å²) < 4.78 is 26.5. The molecule has 112 valence electrons. The van der Waals surface area contributed by atoms with Gasteiger partial charge in [0.15, 0.2) is 0 Å². The molecule has 1 atom stereocenters. The van der Waals surface area contributed by atoms with E-state index >= 15 is 0 Å². The van der Waals surface area contributed by atoms with Crippen molar-refractivity contribution in [2.75, 3.05) is 5.32 Å². The van der Waals surface area contributed by atoms with Gasteiger partial charge < -0.3 is 10.4 Å². The molecule has 1 unspecified atom stereocenters. The Kier molecular flexibility index (Phi) is 4.10. The van der Waals surface area contributed by atoms with E-state index in [1.165, 1.54) is 24.3 Å². The fourth-order valence-electron chi connectivity index (χ4n) is 1.99. The number of hydrogen-bond acceptors (Lipinski definition) is 4. The van der Waals surface area contributed by atoms with Crippen molar-refractivity contribution in [1.29, 1.82) is 0 Å². The molecule has 7 nitrogen and oxygen atoms in total. The number of rotatable bonds is 6. The van der Waals surface area contributed by atoms with E-state index in [4.69, 9.17) is 5.11 Å². The molecule has 0 saturated carbocycles. The van der Waals surface area contributed by atoms with E-state index in [0.29, 0.717) is 11.3 Å². The summed E-state index contributed by atoms with van der Waals surface area (Å²) in [4.78, 5) is 22.2. The summed E-state index contributed by atoms with van der Waals surface area (Å²) in [5.74, 6) is -1.49. The lowest BCUT2D eigenvalue weighted by Gasteiger charge is -2.13. The van der Waals surface area contributed by atoms with Crippen molar-refractivity contribution in [2.24, 2.45) is 0 Å². The summed E-state index contributed by atoms with van der Waals surface area (Å²) in [7, 11) is -3.98. The van der Waals surface area contributed by atoms with E-state index in [1.54, 1.807) is 0 Å². The number of amides is 1. The molecular weight excluding hydrogens is 296 g/mol. The van der Waals surface area contributed by atoms with Crippen LogP contribution in [0.3, 0.4) is 0 Å². The van der Waals surface area contributed by atoms with Crippen LogP contribution in [0, 0.1) is 0 Å². The number of anilines is 1. The largest absolute Gasteiger partial charge is 0.480 e. The van der Waals surface area contributed by atoms with Gasteiger partial charge in [-0.25, -0.2) is 8.42 Å². The number of fused-ring (bicyclic) bond motifs is 1. The number of hydrogen-bond donors (Lipinski definition) is 3. The van der Waals surface area contributed by atoms with E-state index < -0.39 is 22.0 Å². The molecule has 0 spiro atoms. The van der Waals surface area contributed by atoms with Crippen molar-refractivity contribution in [2.45, 2.75) is 23.8 Å². The number of carbonyl (C=O) groups excluding carboxylic acids is 1. The fourth-order valence-corrected chi connectivity index (χ4v) is 3.25. The molecule has 0 bridgehead atoms. The summed E-state index contributed by atoms with van der Waals surface area (Å²) >= 11 is 0. The van der Waals surface area contributed by atoms with Gasteiger partial charge in [-0.2, -0.15) is 4.72 Å². The lowest BCUT2D eigenvalue weighted by molar-refractivity contribution is -0.138. The second-order valence-electron chi connectivity index (χ2n) is 4.58. The third-order valence-corrected chi connectivity index (χ3v) is 4.48. The third kappa shape index (κ3) is 3.29. The minimum atomic E-state index is -3.98. The number of carboxylic acid groups (broad SMARTS) is 1. The molecule has 21 heavy (non-hydrogen) atoms. The fraction of sp³-hybridized carbons (Fsp3) is 0.231. The molecule has 1 aliphatic heterocycles. The summed E-state index contributed by atoms with van der Waals surface area (Å²) in [6.07, 6.45) is 1.40. The van der Waals surface area contributed by atoms with Gasteiger partial charge in [0.25, 0.3) is 0 Å². The number of carbonyl (C=O) groups is 2. The average Bonchev–Trinajstić information content (AvgIpc) is 2.76. The predicted molar refractivity (Wildman–Crippen MR) is 75.3 cm³/mol. The molecule has 0 radical (unpaired) electrons. The van der Waals surface area contributed by atoms with E-state index in [1.807, 2.05) is 0 Å². The molecule has 3 N–H and O–H groups in total. The van der Waals surface area contributed by atoms with Crippen LogP contribution in [0.2, 0.25) is 0 Å². The maximum atomic E-state index is 12.2. The topological polar surface area (TPSA) is 113 Å². The zero-order valence-electron chi connectivity index (χ0n) is 11.0. The van der Waals surface area contributed by atoms with Crippen LogP contribution in [0.25, 0.3) is 0 Å². The lowest BCUT2D eigenvalue weighted by atomic mass is 10.2.